The Morgan fingerprint density at radius 2 is 2.40 bits per heavy atom. The van der Waals surface area contributed by atoms with Crippen LogP contribution in [0.25, 0.3) is 0 Å². The summed E-state index contributed by atoms with van der Waals surface area (Å²) in [5.41, 5.74) is 5.64. The molecule has 1 aliphatic rings. The number of urea groups is 1. The van der Waals surface area contributed by atoms with Crippen LogP contribution in [0.3, 0.4) is 0 Å². The molecule has 0 fully saturated rings. The average Bonchev–Trinajstić information content (AvgIpc) is 2.23. The summed E-state index contributed by atoms with van der Waals surface area (Å²) >= 11 is 3.06. The third-order valence-corrected chi connectivity index (χ3v) is 2.93. The Bertz CT molecular complexity index is 424. The topological polar surface area (TPSA) is 59.2 Å². The minimum absolute atomic E-state index is 0.313. The molecule has 0 saturated heterocycles. The summed E-state index contributed by atoms with van der Waals surface area (Å²) in [5.74, 6) is -0.0135. The first-order valence-corrected chi connectivity index (χ1v) is 5.30. The van der Waals surface area contributed by atoms with Crippen LogP contribution >= 0.6 is 15.9 Å². The summed E-state index contributed by atoms with van der Waals surface area (Å²) in [4.78, 5) is 16.4. The van der Waals surface area contributed by atoms with E-state index in [0.717, 1.165) is 0 Å². The van der Waals surface area contributed by atoms with Gasteiger partial charge in [0.25, 0.3) is 0 Å². The number of halogens is 2. The zero-order valence-corrected chi connectivity index (χ0v) is 9.42. The van der Waals surface area contributed by atoms with Crippen molar-refractivity contribution in [3.05, 3.63) is 22.1 Å². The van der Waals surface area contributed by atoms with E-state index in [4.69, 9.17) is 5.73 Å². The molecule has 80 valence electrons. The first kappa shape index (κ1) is 10.4. The molecule has 1 aliphatic heterocycles. The molecule has 0 radical (unpaired) electrons. The predicted octanol–water partition coefficient (Wildman–Crippen LogP) is 1.81. The molecular formula is C9H9BrFN3O. The van der Waals surface area contributed by atoms with Crippen LogP contribution in [-0.2, 0) is 6.42 Å². The summed E-state index contributed by atoms with van der Waals surface area (Å²) < 4.78 is 14.0. The molecule has 0 bridgehead atoms. The second-order valence-corrected chi connectivity index (χ2v) is 4.17. The van der Waals surface area contributed by atoms with Gasteiger partial charge in [0.2, 0.25) is 0 Å². The van der Waals surface area contributed by atoms with E-state index < -0.39 is 6.03 Å². The summed E-state index contributed by atoms with van der Waals surface area (Å²) in [6.07, 6.45) is 2.62. The van der Waals surface area contributed by atoms with Gasteiger partial charge in [0, 0.05) is 18.3 Å². The predicted molar refractivity (Wildman–Crippen MR) is 57.1 cm³/mol. The molecule has 2 rings (SSSR count). The molecule has 0 aromatic carbocycles. The lowest BCUT2D eigenvalue weighted by molar-refractivity contribution is 0.253. The van der Waals surface area contributed by atoms with Crippen molar-refractivity contribution in [1.82, 2.24) is 4.98 Å². The number of anilines is 1. The van der Waals surface area contributed by atoms with E-state index in [9.17, 15) is 9.18 Å². The lowest BCUT2D eigenvalue weighted by Gasteiger charge is -2.26. The molecule has 0 saturated carbocycles. The van der Waals surface area contributed by atoms with Crippen LogP contribution in [0.2, 0.25) is 0 Å². The number of carbonyl (C=O) groups is 1. The second kappa shape index (κ2) is 3.77. The molecule has 1 aromatic heterocycles. The van der Waals surface area contributed by atoms with E-state index >= 15 is 0 Å². The van der Waals surface area contributed by atoms with Crippen molar-refractivity contribution in [2.45, 2.75) is 12.8 Å². The summed E-state index contributed by atoms with van der Waals surface area (Å²) in [5, 5.41) is 0. The smallest absolute Gasteiger partial charge is 0.320 e. The van der Waals surface area contributed by atoms with Gasteiger partial charge in [-0.05, 0) is 28.8 Å². The zero-order valence-electron chi connectivity index (χ0n) is 7.83. The molecule has 0 unspecified atom stereocenters. The molecule has 1 aromatic rings. The van der Waals surface area contributed by atoms with Gasteiger partial charge in [-0.2, -0.15) is 0 Å². The van der Waals surface area contributed by atoms with Gasteiger partial charge in [0.1, 0.15) is 11.6 Å². The third-order valence-electron chi connectivity index (χ3n) is 2.37. The van der Waals surface area contributed by atoms with Crippen LogP contribution < -0.4 is 10.6 Å². The Kier molecular flexibility index (Phi) is 2.60. The van der Waals surface area contributed by atoms with Crippen LogP contribution in [-0.4, -0.2) is 17.6 Å². The SMILES string of the molecule is NC(=O)N1CCCc2c1ncc(Br)c2F. The molecule has 6 heteroatoms. The number of nitrogens with two attached hydrogens (primary N) is 1. The number of carbonyl (C=O) groups excluding carboxylic acids is 1. The lowest BCUT2D eigenvalue weighted by Crippen LogP contribution is -2.40. The maximum atomic E-state index is 13.7. The fourth-order valence-corrected chi connectivity index (χ4v) is 2.02. The molecule has 4 nitrogen and oxygen atoms in total. The number of fused-ring (bicyclic) bond motifs is 1. The fourth-order valence-electron chi connectivity index (χ4n) is 1.68. The maximum Gasteiger partial charge on any atom is 0.320 e. The first-order chi connectivity index (χ1) is 7.11. The normalized spacial score (nSPS) is 14.9. The highest BCUT2D eigenvalue weighted by atomic mass is 79.9. The Morgan fingerprint density at radius 1 is 1.67 bits per heavy atom. The van der Waals surface area contributed by atoms with E-state index in [0.29, 0.717) is 35.2 Å². The molecule has 2 amide bonds. The number of nitrogens with zero attached hydrogens (tertiary/aromatic N) is 2. The van der Waals surface area contributed by atoms with Crippen molar-refractivity contribution in [1.29, 1.82) is 0 Å². The zero-order chi connectivity index (χ0) is 11.0. The van der Waals surface area contributed by atoms with Crippen molar-refractivity contribution < 1.29 is 9.18 Å². The monoisotopic (exact) mass is 273 g/mol. The largest absolute Gasteiger partial charge is 0.351 e. The van der Waals surface area contributed by atoms with Crippen LogP contribution in [0.4, 0.5) is 15.0 Å². The second-order valence-electron chi connectivity index (χ2n) is 3.32. The van der Waals surface area contributed by atoms with Crippen LogP contribution in [0.15, 0.2) is 10.7 Å². The Hall–Kier alpha value is -1.17. The van der Waals surface area contributed by atoms with Crippen LogP contribution in [0.5, 0.6) is 0 Å². The van der Waals surface area contributed by atoms with Gasteiger partial charge in [-0.3, -0.25) is 4.90 Å². The van der Waals surface area contributed by atoms with Crippen molar-refractivity contribution in [2.24, 2.45) is 5.73 Å². The molecule has 0 spiro atoms. The van der Waals surface area contributed by atoms with Crippen molar-refractivity contribution >= 4 is 27.8 Å². The fraction of sp³-hybridized carbons (Fsp3) is 0.333. The molecule has 15 heavy (non-hydrogen) atoms. The Balaban J connectivity index is 2.54. The average molecular weight is 274 g/mol. The van der Waals surface area contributed by atoms with E-state index in [1.165, 1.54) is 11.1 Å². The standard InChI is InChI=1S/C9H9BrFN3O/c10-6-4-13-8-5(7(6)11)2-1-3-14(8)9(12)15/h4H,1-3H2,(H2,12,15). The highest BCUT2D eigenvalue weighted by molar-refractivity contribution is 9.10. The van der Waals surface area contributed by atoms with Gasteiger partial charge >= 0.3 is 6.03 Å². The number of primary amides is 1. The quantitative estimate of drug-likeness (QED) is 0.784. The van der Waals surface area contributed by atoms with Gasteiger partial charge in [-0.15, -0.1) is 0 Å². The number of hydrogen-bond acceptors (Lipinski definition) is 2. The summed E-state index contributed by atoms with van der Waals surface area (Å²) in [6, 6.07) is -0.592. The van der Waals surface area contributed by atoms with Crippen molar-refractivity contribution in [2.75, 3.05) is 11.4 Å². The number of pyridine rings is 1. The van der Waals surface area contributed by atoms with Crippen molar-refractivity contribution in [3.8, 4) is 0 Å². The van der Waals surface area contributed by atoms with Crippen LogP contribution in [0, 0.1) is 5.82 Å². The lowest BCUT2D eigenvalue weighted by atomic mass is 10.1. The highest BCUT2D eigenvalue weighted by Gasteiger charge is 2.25. The molecule has 2 heterocycles. The molecule has 0 atom stereocenters. The van der Waals surface area contributed by atoms with E-state index in [2.05, 4.69) is 20.9 Å². The van der Waals surface area contributed by atoms with Gasteiger partial charge in [-0.25, -0.2) is 14.2 Å². The number of rotatable bonds is 0. The Labute approximate surface area is 94.4 Å². The number of aromatic nitrogens is 1. The van der Waals surface area contributed by atoms with Gasteiger partial charge in [0.05, 0.1) is 4.47 Å². The molecule has 0 aliphatic carbocycles. The summed E-state index contributed by atoms with van der Waals surface area (Å²) in [6.45, 7) is 0.496. The summed E-state index contributed by atoms with van der Waals surface area (Å²) in [7, 11) is 0. The third kappa shape index (κ3) is 1.69. The van der Waals surface area contributed by atoms with E-state index in [1.807, 2.05) is 0 Å². The van der Waals surface area contributed by atoms with E-state index in [-0.39, 0.29) is 5.82 Å². The first-order valence-electron chi connectivity index (χ1n) is 4.51. The van der Waals surface area contributed by atoms with Gasteiger partial charge < -0.3 is 5.73 Å². The molecule has 2 N–H and O–H groups in total. The minimum Gasteiger partial charge on any atom is -0.351 e. The number of hydrogen-bond donors (Lipinski definition) is 1. The van der Waals surface area contributed by atoms with Gasteiger partial charge in [-0.1, -0.05) is 0 Å². The van der Waals surface area contributed by atoms with E-state index in [1.54, 1.807) is 0 Å². The maximum absolute atomic E-state index is 13.7. The van der Waals surface area contributed by atoms with Crippen LogP contribution in [0.1, 0.15) is 12.0 Å². The van der Waals surface area contributed by atoms with Gasteiger partial charge in [0.15, 0.2) is 0 Å². The molecular weight excluding hydrogens is 265 g/mol. The Morgan fingerprint density at radius 3 is 3.07 bits per heavy atom. The minimum atomic E-state index is -0.592. The highest BCUT2D eigenvalue weighted by Crippen LogP contribution is 2.30. The number of amides is 2. The van der Waals surface area contributed by atoms with Crippen molar-refractivity contribution in [3.63, 3.8) is 0 Å².